The zero-order valence-corrected chi connectivity index (χ0v) is 11.3. The van der Waals surface area contributed by atoms with Crippen molar-refractivity contribution in [1.29, 1.82) is 0 Å². The molecule has 1 aromatic rings. The molecule has 0 unspecified atom stereocenters. The zero-order chi connectivity index (χ0) is 13.3. The molecule has 0 spiro atoms. The summed E-state index contributed by atoms with van der Waals surface area (Å²) in [5.41, 5.74) is 8.22. The third kappa shape index (κ3) is 2.01. The molecule has 1 amide bonds. The van der Waals surface area contributed by atoms with Gasteiger partial charge in [0.05, 0.1) is 11.9 Å². The molecule has 2 heterocycles. The van der Waals surface area contributed by atoms with Gasteiger partial charge in [-0.25, -0.2) is 0 Å². The Bertz CT molecular complexity index is 446. The second kappa shape index (κ2) is 5.06. The van der Waals surface area contributed by atoms with Gasteiger partial charge in [-0.1, -0.05) is 20.3 Å². The third-order valence-electron chi connectivity index (χ3n) is 3.88. The highest BCUT2D eigenvalue weighted by atomic mass is 16.2. The number of aromatic nitrogens is 1. The van der Waals surface area contributed by atoms with Crippen LogP contribution in [0.5, 0.6) is 0 Å². The molecule has 0 fully saturated rings. The molecule has 4 heteroatoms. The van der Waals surface area contributed by atoms with E-state index >= 15 is 0 Å². The Hall–Kier alpha value is -1.42. The molecule has 2 N–H and O–H groups in total. The van der Waals surface area contributed by atoms with Crippen molar-refractivity contribution in [2.24, 2.45) is 11.7 Å². The summed E-state index contributed by atoms with van der Waals surface area (Å²) in [4.78, 5) is 18.0. The summed E-state index contributed by atoms with van der Waals surface area (Å²) in [6.45, 7) is 5.88. The Morgan fingerprint density at radius 2 is 2.28 bits per heavy atom. The van der Waals surface area contributed by atoms with E-state index < -0.39 is 0 Å². The molecule has 18 heavy (non-hydrogen) atoms. The maximum Gasteiger partial charge on any atom is 0.224 e. The van der Waals surface area contributed by atoms with E-state index in [1.165, 1.54) is 0 Å². The lowest BCUT2D eigenvalue weighted by Gasteiger charge is -2.43. The average Bonchev–Trinajstić information content (AvgIpc) is 2.35. The summed E-state index contributed by atoms with van der Waals surface area (Å²) in [5.74, 6) is 0.338. The Kier molecular flexibility index (Phi) is 3.66. The number of anilines is 1. The topological polar surface area (TPSA) is 59.2 Å². The van der Waals surface area contributed by atoms with Gasteiger partial charge in [0.25, 0.3) is 0 Å². The molecule has 0 saturated heterocycles. The number of hydrogen-bond acceptors (Lipinski definition) is 3. The van der Waals surface area contributed by atoms with Gasteiger partial charge >= 0.3 is 0 Å². The van der Waals surface area contributed by atoms with E-state index in [2.05, 4.69) is 18.8 Å². The minimum absolute atomic E-state index is 0.0184. The Balaban J connectivity index is 2.51. The van der Waals surface area contributed by atoms with Gasteiger partial charge in [-0.15, -0.1) is 0 Å². The van der Waals surface area contributed by atoms with Crippen LogP contribution in [0.25, 0.3) is 0 Å². The highest BCUT2D eigenvalue weighted by Gasteiger charge is 2.38. The van der Waals surface area contributed by atoms with Crippen molar-refractivity contribution < 1.29 is 4.79 Å². The Labute approximate surface area is 108 Å². The molecule has 1 aliphatic heterocycles. The maximum atomic E-state index is 12.0. The molecule has 0 aliphatic carbocycles. The lowest BCUT2D eigenvalue weighted by Crippen LogP contribution is -2.50. The van der Waals surface area contributed by atoms with E-state index in [9.17, 15) is 4.79 Å². The lowest BCUT2D eigenvalue weighted by atomic mass is 9.81. The number of nitrogens with zero attached hydrogens (tertiary/aromatic N) is 2. The zero-order valence-electron chi connectivity index (χ0n) is 11.3. The molecule has 98 valence electrons. The first-order chi connectivity index (χ1) is 8.57. The number of carbonyl (C=O) groups is 1. The van der Waals surface area contributed by atoms with Gasteiger partial charge in [-0.05, 0) is 24.0 Å². The first-order valence-corrected chi connectivity index (χ1v) is 6.57. The van der Waals surface area contributed by atoms with Crippen LogP contribution in [0.2, 0.25) is 0 Å². The number of pyridine rings is 1. The van der Waals surface area contributed by atoms with E-state index in [4.69, 9.17) is 5.73 Å². The smallest absolute Gasteiger partial charge is 0.224 e. The average molecular weight is 247 g/mol. The fourth-order valence-electron chi connectivity index (χ4n) is 2.91. The van der Waals surface area contributed by atoms with Crippen LogP contribution >= 0.6 is 0 Å². The van der Waals surface area contributed by atoms with Gasteiger partial charge < -0.3 is 10.6 Å². The van der Waals surface area contributed by atoms with E-state index in [-0.39, 0.29) is 23.9 Å². The van der Waals surface area contributed by atoms with Crippen LogP contribution < -0.4 is 10.6 Å². The van der Waals surface area contributed by atoms with Crippen LogP contribution in [0.1, 0.15) is 45.2 Å². The van der Waals surface area contributed by atoms with Crippen LogP contribution in [0.15, 0.2) is 18.5 Å². The minimum Gasteiger partial charge on any atom is -0.324 e. The van der Waals surface area contributed by atoms with Crippen molar-refractivity contribution in [2.45, 2.75) is 45.7 Å². The first-order valence-electron chi connectivity index (χ1n) is 6.57. The van der Waals surface area contributed by atoms with E-state index in [1.54, 1.807) is 19.3 Å². The molecule has 3 atom stereocenters. The van der Waals surface area contributed by atoms with Gasteiger partial charge in [0.15, 0.2) is 0 Å². The predicted molar refractivity (Wildman–Crippen MR) is 72.2 cm³/mol. The SMILES string of the molecule is CCC[C@H]1[C@H](C)[C@@H](N)c2ccncc2N1C(C)=O. The van der Waals surface area contributed by atoms with Crippen LogP contribution in [0, 0.1) is 5.92 Å². The minimum atomic E-state index is -0.0184. The largest absolute Gasteiger partial charge is 0.324 e. The lowest BCUT2D eigenvalue weighted by molar-refractivity contribution is -0.117. The van der Waals surface area contributed by atoms with E-state index in [0.717, 1.165) is 24.1 Å². The summed E-state index contributed by atoms with van der Waals surface area (Å²) in [5, 5.41) is 0. The molecular formula is C14H21N3O. The molecule has 1 aromatic heterocycles. The van der Waals surface area contributed by atoms with Crippen molar-refractivity contribution in [3.05, 3.63) is 24.0 Å². The second-order valence-electron chi connectivity index (χ2n) is 5.06. The van der Waals surface area contributed by atoms with E-state index in [1.807, 2.05) is 11.0 Å². The fourth-order valence-corrected chi connectivity index (χ4v) is 2.91. The molecular weight excluding hydrogens is 226 g/mol. The van der Waals surface area contributed by atoms with Crippen LogP contribution in [-0.2, 0) is 4.79 Å². The number of amides is 1. The van der Waals surface area contributed by atoms with Gasteiger partial charge in [0.2, 0.25) is 5.91 Å². The number of hydrogen-bond donors (Lipinski definition) is 1. The van der Waals surface area contributed by atoms with Gasteiger partial charge in [0.1, 0.15) is 0 Å². The molecule has 4 nitrogen and oxygen atoms in total. The maximum absolute atomic E-state index is 12.0. The summed E-state index contributed by atoms with van der Waals surface area (Å²) >= 11 is 0. The molecule has 0 aromatic carbocycles. The number of fused-ring (bicyclic) bond motifs is 1. The summed E-state index contributed by atoms with van der Waals surface area (Å²) < 4.78 is 0. The van der Waals surface area contributed by atoms with Gasteiger partial charge in [-0.2, -0.15) is 0 Å². The van der Waals surface area contributed by atoms with Gasteiger partial charge in [-0.3, -0.25) is 9.78 Å². The molecule has 2 rings (SSSR count). The molecule has 1 aliphatic rings. The van der Waals surface area contributed by atoms with Gasteiger partial charge in [0, 0.05) is 25.2 Å². The van der Waals surface area contributed by atoms with Crippen LogP contribution in [0.4, 0.5) is 5.69 Å². The van der Waals surface area contributed by atoms with Crippen molar-refractivity contribution in [3.63, 3.8) is 0 Å². The summed E-state index contributed by atoms with van der Waals surface area (Å²) in [7, 11) is 0. The second-order valence-corrected chi connectivity index (χ2v) is 5.06. The molecule has 0 radical (unpaired) electrons. The normalized spacial score (nSPS) is 26.9. The monoisotopic (exact) mass is 247 g/mol. The number of rotatable bonds is 2. The Morgan fingerprint density at radius 3 is 2.89 bits per heavy atom. The molecule has 0 bridgehead atoms. The van der Waals surface area contributed by atoms with Crippen molar-refractivity contribution in [3.8, 4) is 0 Å². The predicted octanol–water partition coefficient (Wildman–Crippen LogP) is 2.25. The summed E-state index contributed by atoms with van der Waals surface area (Å²) in [6, 6.07) is 2.09. The number of nitrogens with two attached hydrogens (primary N) is 1. The standard InChI is InChI=1S/C14H21N3O/c1-4-5-12-9(2)14(15)11-6-7-16-8-13(11)17(12)10(3)18/h6-9,12,14H,4-5,15H2,1-3H3/t9-,12-,14+/m0/s1. The molecule has 0 saturated carbocycles. The quantitative estimate of drug-likeness (QED) is 0.872. The van der Waals surface area contributed by atoms with Crippen LogP contribution in [0.3, 0.4) is 0 Å². The van der Waals surface area contributed by atoms with E-state index in [0.29, 0.717) is 0 Å². The summed E-state index contributed by atoms with van der Waals surface area (Å²) in [6.07, 6.45) is 5.51. The van der Waals surface area contributed by atoms with Crippen molar-refractivity contribution in [1.82, 2.24) is 4.98 Å². The highest BCUT2D eigenvalue weighted by molar-refractivity contribution is 5.93. The third-order valence-corrected chi connectivity index (χ3v) is 3.88. The number of carbonyl (C=O) groups excluding carboxylic acids is 1. The van der Waals surface area contributed by atoms with Crippen molar-refractivity contribution in [2.75, 3.05) is 4.90 Å². The fraction of sp³-hybridized carbons (Fsp3) is 0.571. The Morgan fingerprint density at radius 1 is 1.56 bits per heavy atom. The van der Waals surface area contributed by atoms with Crippen LogP contribution in [-0.4, -0.2) is 16.9 Å². The first kappa shape index (κ1) is 13.0. The van der Waals surface area contributed by atoms with Crippen molar-refractivity contribution >= 4 is 11.6 Å². The highest BCUT2D eigenvalue weighted by Crippen LogP contribution is 2.40.